The van der Waals surface area contributed by atoms with Crippen LogP contribution in [0, 0.1) is 0 Å². The third-order valence-electron chi connectivity index (χ3n) is 15.7. The Morgan fingerprint density at radius 2 is 1.10 bits per heavy atom. The molecule has 0 spiro atoms. The van der Waals surface area contributed by atoms with Crippen LogP contribution in [0.15, 0.2) is 60.9 Å². The number of methoxy groups -OCH3 is 1. The SMILES string of the molecule is COC(=O)C[C@@H]1Nc2ccc(C(=O)N(Cc3ccccc3)Cc3ncc[nH]3)cc2CN(CCCNC(=O)[C@H](CCC(=O)OC(C)(C)C)N[C@H](O)C(CCC(=O)OC(C)(C)C)NC(=O)CN2CCN(CC(=O)OC(C)(C)C)CCN(CC(=O)OC(C)(C)C)CCN(CC(=O)OC(C)(C)C)CC2)C1=O. The predicted molar refractivity (Wildman–Crippen MR) is 380 cm³/mol. The van der Waals surface area contributed by atoms with Crippen LogP contribution in [0.4, 0.5) is 5.69 Å². The molecule has 102 heavy (non-hydrogen) atoms. The number of amides is 4. The Morgan fingerprint density at radius 1 is 0.618 bits per heavy atom. The number of hydrogen-bond donors (Lipinski definition) is 6. The van der Waals surface area contributed by atoms with Gasteiger partial charge in [-0.2, -0.15) is 0 Å². The fourth-order valence-electron chi connectivity index (χ4n) is 11.3. The van der Waals surface area contributed by atoms with E-state index in [-0.39, 0.29) is 130 Å². The lowest BCUT2D eigenvalue weighted by Crippen LogP contribution is -2.58. The van der Waals surface area contributed by atoms with Gasteiger partial charge in [-0.05, 0) is 152 Å². The fraction of sp³-hybridized carbons (Fsp3) is 0.658. The maximum atomic E-state index is 14.7. The fourth-order valence-corrected chi connectivity index (χ4v) is 11.3. The summed E-state index contributed by atoms with van der Waals surface area (Å²) in [5.41, 5.74) is -1.72. The van der Waals surface area contributed by atoms with E-state index >= 15 is 0 Å². The highest BCUT2D eigenvalue weighted by molar-refractivity contribution is 5.96. The van der Waals surface area contributed by atoms with E-state index in [0.29, 0.717) is 48.8 Å². The van der Waals surface area contributed by atoms with E-state index in [1.54, 1.807) is 139 Å². The van der Waals surface area contributed by atoms with E-state index in [9.17, 15) is 53.1 Å². The monoisotopic (exact) mass is 1430 g/mol. The number of imidazole rings is 1. The number of ether oxygens (including phenoxy) is 6. The van der Waals surface area contributed by atoms with Crippen molar-refractivity contribution in [3.63, 3.8) is 0 Å². The van der Waals surface area contributed by atoms with Crippen molar-refractivity contribution in [3.8, 4) is 0 Å². The molecule has 2 aliphatic rings. The molecule has 0 bridgehead atoms. The summed E-state index contributed by atoms with van der Waals surface area (Å²) in [4.78, 5) is 156. The molecule has 29 nitrogen and oxygen atoms in total. The van der Waals surface area contributed by atoms with Crippen LogP contribution in [-0.2, 0) is 91.2 Å². The molecule has 4 amide bonds. The smallest absolute Gasteiger partial charge is 0.320 e. The number of aromatic nitrogens is 2. The summed E-state index contributed by atoms with van der Waals surface area (Å²) in [5.74, 6) is -4.72. The van der Waals surface area contributed by atoms with Crippen molar-refractivity contribution in [2.75, 3.05) is 104 Å². The average molecular weight is 1430 g/mol. The number of aromatic amines is 1. The van der Waals surface area contributed by atoms with Crippen LogP contribution in [0.5, 0.6) is 0 Å². The number of aliphatic hydroxyl groups is 1. The number of carbonyl (C=O) groups excluding carboxylic acids is 10. The van der Waals surface area contributed by atoms with E-state index in [4.69, 9.17) is 28.4 Å². The number of benzene rings is 2. The zero-order valence-electron chi connectivity index (χ0n) is 63.0. The lowest BCUT2D eigenvalue weighted by molar-refractivity contribution is -0.158. The molecule has 0 saturated carbocycles. The van der Waals surface area contributed by atoms with Gasteiger partial charge in [-0.15, -0.1) is 0 Å². The predicted octanol–water partition coefficient (Wildman–Crippen LogP) is 4.70. The minimum Gasteiger partial charge on any atom is -0.469 e. The molecule has 29 heteroatoms. The van der Waals surface area contributed by atoms with Crippen LogP contribution in [0.3, 0.4) is 0 Å². The maximum Gasteiger partial charge on any atom is 0.320 e. The Balaban J connectivity index is 1.40. The molecule has 1 saturated heterocycles. The van der Waals surface area contributed by atoms with Gasteiger partial charge < -0.3 is 64.3 Å². The molecule has 3 aromatic rings. The Kier molecular flexibility index (Phi) is 32.3. The van der Waals surface area contributed by atoms with E-state index < -0.39 is 106 Å². The van der Waals surface area contributed by atoms with E-state index in [1.165, 1.54) is 12.0 Å². The van der Waals surface area contributed by atoms with Crippen molar-refractivity contribution < 1.29 is 81.5 Å². The van der Waals surface area contributed by atoms with Crippen LogP contribution >= 0.6 is 0 Å². The van der Waals surface area contributed by atoms with Gasteiger partial charge in [0.2, 0.25) is 17.7 Å². The molecular formula is C73H114N12O17. The number of H-pyrrole nitrogens is 1. The Morgan fingerprint density at radius 3 is 1.57 bits per heavy atom. The van der Waals surface area contributed by atoms with Crippen molar-refractivity contribution in [1.29, 1.82) is 0 Å². The van der Waals surface area contributed by atoms with E-state index in [1.807, 2.05) is 49.9 Å². The van der Waals surface area contributed by atoms with Crippen LogP contribution < -0.4 is 21.3 Å². The van der Waals surface area contributed by atoms with Crippen molar-refractivity contribution in [3.05, 3.63) is 83.4 Å². The largest absolute Gasteiger partial charge is 0.469 e. The number of rotatable bonds is 30. The first-order valence-electron chi connectivity index (χ1n) is 35.1. The summed E-state index contributed by atoms with van der Waals surface area (Å²) in [6.45, 7) is 28.1. The highest BCUT2D eigenvalue weighted by Crippen LogP contribution is 2.28. The summed E-state index contributed by atoms with van der Waals surface area (Å²) in [5, 5.41) is 24.2. The second kappa shape index (κ2) is 39.0. The van der Waals surface area contributed by atoms with Gasteiger partial charge in [0.25, 0.3) is 5.91 Å². The van der Waals surface area contributed by atoms with Crippen LogP contribution in [0.1, 0.15) is 170 Å². The summed E-state index contributed by atoms with van der Waals surface area (Å²) < 4.78 is 33.3. The number of nitrogens with one attached hydrogen (secondary N) is 5. The number of nitrogens with zero attached hydrogens (tertiary/aromatic N) is 7. The molecule has 1 aromatic heterocycles. The standard InChI is InChI=1S/C73H114N12O17/c1-69(2,3)98-59(87)27-25-54(65(93)76-29-20-32-84-44-52-41-51(23-24-53(52)77-56(68(84)96)42-61(89)97-16)67(95)85(45-57-74-30-31-75-57)43-50-21-18-17-19-22-50)79-66(94)55(26-28-60(88)99-70(4,5)6)78-58(86)46-80-33-35-81(47-62(90)100-71(7,8)9)37-39-83(49-64(92)102-73(13,14)15)40-38-82(36-34-80)48-63(91)101-72(10,11)12/h17-19,21-24,30-31,41,54-56,66,77,79,94H,20,25-29,32-40,42-49H2,1-16H3,(H,74,75)(H,76,93)(H,78,86)/t54-,55?,56-,66+/m0/s1. The molecule has 2 aliphatic heterocycles. The second-order valence-electron chi connectivity index (χ2n) is 30.9. The molecule has 568 valence electrons. The molecule has 0 radical (unpaired) electrons. The first kappa shape index (κ1) is 84.6. The van der Waals surface area contributed by atoms with Gasteiger partial charge >= 0.3 is 35.8 Å². The average Bonchev–Trinajstić information content (AvgIpc) is 1.60. The van der Waals surface area contributed by atoms with Gasteiger partial charge in [-0.25, -0.2) is 4.98 Å². The number of anilines is 1. The number of carbonyl (C=O) groups is 10. The molecule has 4 atom stereocenters. The number of aliphatic hydroxyl groups excluding tert-OH is 1. The normalized spacial score (nSPS) is 16.8. The number of fused-ring (bicyclic) bond motifs is 1. The first-order valence-corrected chi connectivity index (χ1v) is 35.1. The van der Waals surface area contributed by atoms with Crippen LogP contribution in [0.2, 0.25) is 0 Å². The quantitative estimate of drug-likeness (QED) is 0.0228. The molecular weight excluding hydrogens is 1320 g/mol. The summed E-state index contributed by atoms with van der Waals surface area (Å²) in [7, 11) is 1.22. The van der Waals surface area contributed by atoms with Gasteiger partial charge in [-0.1, -0.05) is 30.3 Å². The van der Waals surface area contributed by atoms with Gasteiger partial charge in [0.1, 0.15) is 46.1 Å². The number of hydrogen-bond acceptors (Lipinski definition) is 24. The third kappa shape index (κ3) is 32.9. The molecule has 1 fully saturated rings. The zero-order valence-corrected chi connectivity index (χ0v) is 63.0. The van der Waals surface area contributed by atoms with Gasteiger partial charge in [0.05, 0.1) is 58.3 Å². The van der Waals surface area contributed by atoms with E-state index in [0.717, 1.165) is 5.56 Å². The highest BCUT2D eigenvalue weighted by Gasteiger charge is 2.35. The van der Waals surface area contributed by atoms with Crippen LogP contribution in [0.25, 0.3) is 0 Å². The molecule has 5 rings (SSSR count). The molecule has 3 heterocycles. The van der Waals surface area contributed by atoms with Gasteiger partial charge in [0, 0.05) is 115 Å². The maximum absolute atomic E-state index is 14.7. The minimum absolute atomic E-state index is 0.0157. The van der Waals surface area contributed by atoms with Crippen molar-refractivity contribution in [2.24, 2.45) is 0 Å². The van der Waals surface area contributed by atoms with Gasteiger partial charge in [0.15, 0.2) is 0 Å². The summed E-state index contributed by atoms with van der Waals surface area (Å²) in [6.07, 6.45) is 0.442. The highest BCUT2D eigenvalue weighted by atomic mass is 16.6. The Labute approximate surface area is 601 Å². The topological polar surface area (TPSA) is 343 Å². The molecule has 6 N–H and O–H groups in total. The van der Waals surface area contributed by atoms with Crippen molar-refractivity contribution in [2.45, 2.75) is 214 Å². The minimum atomic E-state index is -1.74. The molecule has 1 unspecified atom stereocenters. The first-order chi connectivity index (χ1) is 47.6. The third-order valence-corrected chi connectivity index (χ3v) is 15.7. The molecule has 0 aliphatic carbocycles. The van der Waals surface area contributed by atoms with Crippen LogP contribution in [-0.4, -0.2) is 255 Å². The zero-order chi connectivity index (χ0) is 75.8. The van der Waals surface area contributed by atoms with Crippen molar-refractivity contribution >= 4 is 65.1 Å². The number of esters is 6. The lowest BCUT2D eigenvalue weighted by Gasteiger charge is -2.34. The molecule has 2 aromatic carbocycles. The Bertz CT molecular complexity index is 3200. The lowest BCUT2D eigenvalue weighted by atomic mass is 10.1. The van der Waals surface area contributed by atoms with E-state index in [2.05, 4.69) is 31.2 Å². The summed E-state index contributed by atoms with van der Waals surface area (Å²) in [6, 6.07) is 10.9. The Hall–Kier alpha value is -8.09. The van der Waals surface area contributed by atoms with Gasteiger partial charge in [-0.3, -0.25) is 72.9 Å². The van der Waals surface area contributed by atoms with Crippen molar-refractivity contribution in [1.82, 2.24) is 55.3 Å². The second-order valence-corrected chi connectivity index (χ2v) is 30.9. The summed E-state index contributed by atoms with van der Waals surface area (Å²) >= 11 is 0.